The first kappa shape index (κ1) is 18.2. The lowest BCUT2D eigenvalue weighted by Crippen LogP contribution is -2.41. The van der Waals surface area contributed by atoms with Gasteiger partial charge in [0.05, 0.1) is 54.5 Å². The van der Waals surface area contributed by atoms with E-state index >= 15 is 0 Å². The van der Waals surface area contributed by atoms with Crippen molar-refractivity contribution in [2.75, 3.05) is 23.1 Å². The van der Waals surface area contributed by atoms with Gasteiger partial charge in [-0.05, 0) is 24.3 Å². The van der Waals surface area contributed by atoms with E-state index in [9.17, 15) is 0 Å². The zero-order valence-electron chi connectivity index (χ0n) is 11.9. The highest BCUT2D eigenvalue weighted by Gasteiger charge is 2.22. The van der Waals surface area contributed by atoms with Crippen molar-refractivity contribution >= 4 is 87.3 Å². The molecule has 0 saturated carbocycles. The van der Waals surface area contributed by atoms with Crippen molar-refractivity contribution in [3.8, 4) is 0 Å². The highest BCUT2D eigenvalue weighted by Crippen LogP contribution is 2.40. The molecule has 0 spiro atoms. The average Bonchev–Trinajstić information content (AvgIpc) is 2.58. The van der Waals surface area contributed by atoms with Gasteiger partial charge in [0, 0.05) is 0 Å². The SMILES string of the molecule is Clc1ccc(N2C=NCN(c3ccc(Cl)c(Cl)c3Cl)C2)c(Cl)c1Cl. The fourth-order valence-corrected chi connectivity index (χ4v) is 3.58. The van der Waals surface area contributed by atoms with Crippen LogP contribution in [0.1, 0.15) is 0 Å². The Hall–Kier alpha value is -0.550. The summed E-state index contributed by atoms with van der Waals surface area (Å²) in [5, 5.41) is 2.14. The fraction of sp³-hybridized carbons (Fsp3) is 0.133. The van der Waals surface area contributed by atoms with E-state index < -0.39 is 0 Å². The van der Waals surface area contributed by atoms with Crippen LogP contribution in [0.25, 0.3) is 0 Å². The van der Waals surface area contributed by atoms with Crippen molar-refractivity contribution in [3.05, 3.63) is 54.4 Å². The molecular formula is C15H9Cl6N3. The summed E-state index contributed by atoms with van der Waals surface area (Å²) in [4.78, 5) is 8.11. The van der Waals surface area contributed by atoms with Crippen molar-refractivity contribution in [2.24, 2.45) is 4.99 Å². The maximum absolute atomic E-state index is 6.31. The number of rotatable bonds is 2. The van der Waals surface area contributed by atoms with Crippen molar-refractivity contribution < 1.29 is 0 Å². The number of hydrogen-bond donors (Lipinski definition) is 0. The first-order valence-corrected chi connectivity index (χ1v) is 8.95. The molecule has 9 heteroatoms. The number of benzene rings is 2. The minimum absolute atomic E-state index is 0.300. The molecule has 126 valence electrons. The van der Waals surface area contributed by atoms with Gasteiger partial charge in [-0.15, -0.1) is 0 Å². The second-order valence-corrected chi connectivity index (χ2v) is 7.31. The number of aliphatic imine (C=N–C) groups is 1. The van der Waals surface area contributed by atoms with Gasteiger partial charge in [-0.25, -0.2) is 0 Å². The summed E-state index contributed by atoms with van der Waals surface area (Å²) < 4.78 is 0. The van der Waals surface area contributed by atoms with E-state index in [0.717, 1.165) is 5.69 Å². The van der Waals surface area contributed by atoms with Gasteiger partial charge in [-0.1, -0.05) is 69.6 Å². The van der Waals surface area contributed by atoms with Gasteiger partial charge in [0.2, 0.25) is 0 Å². The topological polar surface area (TPSA) is 18.8 Å². The van der Waals surface area contributed by atoms with Gasteiger partial charge < -0.3 is 9.80 Å². The summed E-state index contributed by atoms with van der Waals surface area (Å²) in [6.45, 7) is 0.881. The fourth-order valence-electron chi connectivity index (χ4n) is 2.29. The molecule has 1 aliphatic heterocycles. The Balaban J connectivity index is 1.94. The molecular weight excluding hydrogens is 435 g/mol. The van der Waals surface area contributed by atoms with Gasteiger partial charge in [-0.3, -0.25) is 4.99 Å². The Morgan fingerprint density at radius 3 is 1.88 bits per heavy atom. The van der Waals surface area contributed by atoms with Crippen LogP contribution in [0.15, 0.2) is 29.3 Å². The Kier molecular flexibility index (Phi) is 5.60. The van der Waals surface area contributed by atoms with E-state index in [1.807, 2.05) is 9.80 Å². The maximum Gasteiger partial charge on any atom is 0.113 e. The predicted molar refractivity (Wildman–Crippen MR) is 106 cm³/mol. The predicted octanol–water partition coefficient (Wildman–Crippen LogP) is 6.88. The van der Waals surface area contributed by atoms with Crippen LogP contribution in [-0.4, -0.2) is 19.7 Å². The summed E-state index contributed by atoms with van der Waals surface area (Å²) >= 11 is 36.8. The van der Waals surface area contributed by atoms with Crippen LogP contribution in [0, 0.1) is 0 Å². The zero-order chi connectivity index (χ0) is 17.4. The molecule has 1 aliphatic rings. The van der Waals surface area contributed by atoms with Crippen LogP contribution in [0.2, 0.25) is 30.1 Å². The summed E-state index contributed by atoms with van der Waals surface area (Å²) in [5.74, 6) is 0. The van der Waals surface area contributed by atoms with Crippen molar-refractivity contribution in [1.29, 1.82) is 0 Å². The average molecular weight is 444 g/mol. The number of anilines is 2. The van der Waals surface area contributed by atoms with Gasteiger partial charge >= 0.3 is 0 Å². The van der Waals surface area contributed by atoms with E-state index in [4.69, 9.17) is 69.6 Å². The van der Waals surface area contributed by atoms with E-state index in [1.54, 1.807) is 30.6 Å². The second-order valence-electron chi connectivity index (χ2n) is 4.98. The molecule has 3 rings (SSSR count). The van der Waals surface area contributed by atoms with Crippen molar-refractivity contribution in [2.45, 2.75) is 0 Å². The van der Waals surface area contributed by atoms with Crippen LogP contribution in [0.3, 0.4) is 0 Å². The minimum Gasteiger partial charge on any atom is -0.333 e. The van der Waals surface area contributed by atoms with Gasteiger partial charge in [0.25, 0.3) is 0 Å². The zero-order valence-corrected chi connectivity index (χ0v) is 16.4. The third-order valence-electron chi connectivity index (χ3n) is 3.48. The van der Waals surface area contributed by atoms with Crippen molar-refractivity contribution in [1.82, 2.24) is 0 Å². The standard InChI is InChI=1S/C15H9Cl6N3/c16-8-1-3-10(14(20)12(8)18)23-5-22-6-24(7-23)11-4-2-9(17)13(19)15(11)21/h1-5H,6-7H2. The molecule has 2 aromatic rings. The number of halogens is 6. The first-order valence-electron chi connectivity index (χ1n) is 6.68. The van der Waals surface area contributed by atoms with Gasteiger partial charge in [0.1, 0.15) is 6.67 Å². The summed E-state index contributed by atoms with van der Waals surface area (Å²) in [7, 11) is 0. The molecule has 0 atom stereocenters. The molecule has 0 N–H and O–H groups in total. The first-order chi connectivity index (χ1) is 11.4. The maximum atomic E-state index is 6.31. The van der Waals surface area contributed by atoms with Crippen LogP contribution >= 0.6 is 69.6 Å². The molecule has 0 radical (unpaired) electrons. The normalized spacial score (nSPS) is 14.4. The molecule has 2 aromatic carbocycles. The summed E-state index contributed by atoms with van der Waals surface area (Å²) in [5.41, 5.74) is 1.42. The smallest absolute Gasteiger partial charge is 0.113 e. The third kappa shape index (κ3) is 3.39. The molecule has 24 heavy (non-hydrogen) atoms. The van der Waals surface area contributed by atoms with Crippen LogP contribution < -0.4 is 9.80 Å². The van der Waals surface area contributed by atoms with E-state index in [0.29, 0.717) is 49.2 Å². The minimum atomic E-state index is 0.300. The molecule has 3 nitrogen and oxygen atoms in total. The Bertz CT molecular complexity index is 823. The molecule has 0 saturated heterocycles. The molecule has 0 aromatic heterocycles. The summed E-state index contributed by atoms with van der Waals surface area (Å²) in [6.07, 6.45) is 1.69. The van der Waals surface area contributed by atoms with E-state index in [-0.39, 0.29) is 0 Å². The Morgan fingerprint density at radius 1 is 0.708 bits per heavy atom. The lowest BCUT2D eigenvalue weighted by Gasteiger charge is -2.34. The summed E-state index contributed by atoms with van der Waals surface area (Å²) in [6, 6.07) is 6.96. The Morgan fingerprint density at radius 2 is 1.25 bits per heavy atom. The molecule has 0 fully saturated rings. The molecule has 0 aliphatic carbocycles. The monoisotopic (exact) mass is 441 g/mol. The largest absolute Gasteiger partial charge is 0.333 e. The highest BCUT2D eigenvalue weighted by molar-refractivity contribution is 6.50. The lowest BCUT2D eigenvalue weighted by atomic mass is 10.2. The number of hydrogen-bond acceptors (Lipinski definition) is 3. The van der Waals surface area contributed by atoms with E-state index in [2.05, 4.69) is 4.99 Å². The van der Waals surface area contributed by atoms with Crippen LogP contribution in [0.4, 0.5) is 11.4 Å². The van der Waals surface area contributed by atoms with Crippen LogP contribution in [-0.2, 0) is 0 Å². The Labute approximate surface area is 169 Å². The molecule has 0 bridgehead atoms. The van der Waals surface area contributed by atoms with Crippen molar-refractivity contribution in [3.63, 3.8) is 0 Å². The lowest BCUT2D eigenvalue weighted by molar-refractivity contribution is 0.786. The van der Waals surface area contributed by atoms with Gasteiger partial charge in [0.15, 0.2) is 0 Å². The number of nitrogens with zero attached hydrogens (tertiary/aromatic N) is 3. The molecule has 0 unspecified atom stereocenters. The highest BCUT2D eigenvalue weighted by atomic mass is 35.5. The van der Waals surface area contributed by atoms with Gasteiger partial charge in [-0.2, -0.15) is 0 Å². The molecule has 0 amide bonds. The molecule has 1 heterocycles. The third-order valence-corrected chi connectivity index (χ3v) is 6.04. The second kappa shape index (κ2) is 7.36. The van der Waals surface area contributed by atoms with E-state index in [1.165, 1.54) is 0 Å². The van der Waals surface area contributed by atoms with Crippen LogP contribution in [0.5, 0.6) is 0 Å². The quantitative estimate of drug-likeness (QED) is 0.471.